The summed E-state index contributed by atoms with van der Waals surface area (Å²) in [6, 6.07) is 8.88. The van der Waals surface area contributed by atoms with Crippen LogP contribution in [0.4, 0.5) is 5.69 Å². The predicted molar refractivity (Wildman–Crippen MR) is 91.6 cm³/mol. The third-order valence-electron chi connectivity index (χ3n) is 4.48. The standard InChI is InChI=1S/C17H18N4O2S/c1-12-18-19-17-16(7-4-10-21(12)17)20-24(22,23)15-9-8-13-5-2-3-6-14(13)11-15/h4,7-11,20H,2-3,5-6H2,1H3. The van der Waals surface area contributed by atoms with Crippen molar-refractivity contribution in [1.29, 1.82) is 0 Å². The molecule has 0 fully saturated rings. The molecule has 3 aromatic rings. The molecule has 0 atom stereocenters. The van der Waals surface area contributed by atoms with E-state index in [1.54, 1.807) is 34.9 Å². The van der Waals surface area contributed by atoms with Gasteiger partial charge in [-0.25, -0.2) is 8.42 Å². The molecule has 0 saturated heterocycles. The van der Waals surface area contributed by atoms with Crippen molar-refractivity contribution in [2.45, 2.75) is 37.5 Å². The summed E-state index contributed by atoms with van der Waals surface area (Å²) in [5.74, 6) is 0.708. The predicted octanol–water partition coefficient (Wildman–Crippen LogP) is 2.72. The van der Waals surface area contributed by atoms with Crippen molar-refractivity contribution in [1.82, 2.24) is 14.6 Å². The van der Waals surface area contributed by atoms with Gasteiger partial charge in [0.05, 0.1) is 10.6 Å². The fraction of sp³-hybridized carbons (Fsp3) is 0.294. The van der Waals surface area contributed by atoms with E-state index in [2.05, 4.69) is 14.9 Å². The molecule has 0 radical (unpaired) electrons. The fourth-order valence-corrected chi connectivity index (χ4v) is 4.30. The highest BCUT2D eigenvalue weighted by atomic mass is 32.2. The third-order valence-corrected chi connectivity index (χ3v) is 5.84. The molecule has 0 amide bonds. The maximum Gasteiger partial charge on any atom is 0.262 e. The van der Waals surface area contributed by atoms with E-state index in [4.69, 9.17) is 0 Å². The van der Waals surface area contributed by atoms with E-state index in [9.17, 15) is 8.42 Å². The Morgan fingerprint density at radius 2 is 1.88 bits per heavy atom. The Hall–Kier alpha value is -2.41. The Balaban J connectivity index is 1.72. The summed E-state index contributed by atoms with van der Waals surface area (Å²) >= 11 is 0. The summed E-state index contributed by atoms with van der Waals surface area (Å²) in [5.41, 5.74) is 3.32. The zero-order chi connectivity index (χ0) is 16.7. The number of fused-ring (bicyclic) bond motifs is 2. The van der Waals surface area contributed by atoms with Crippen molar-refractivity contribution < 1.29 is 8.42 Å². The molecule has 1 N–H and O–H groups in total. The fourth-order valence-electron chi connectivity index (χ4n) is 3.19. The SMILES string of the molecule is Cc1nnc2c(NS(=O)(=O)c3ccc4c(c3)CCCC4)cccn12. The van der Waals surface area contributed by atoms with Gasteiger partial charge in [-0.2, -0.15) is 0 Å². The van der Waals surface area contributed by atoms with Gasteiger partial charge in [-0.05, 0) is 68.0 Å². The summed E-state index contributed by atoms with van der Waals surface area (Å²) in [5, 5.41) is 8.05. The van der Waals surface area contributed by atoms with Crippen molar-refractivity contribution in [3.63, 3.8) is 0 Å². The van der Waals surface area contributed by atoms with Gasteiger partial charge in [0.1, 0.15) is 5.82 Å². The number of nitrogens with one attached hydrogen (secondary N) is 1. The highest BCUT2D eigenvalue weighted by Crippen LogP contribution is 2.26. The average Bonchev–Trinajstić information content (AvgIpc) is 2.97. The van der Waals surface area contributed by atoms with E-state index >= 15 is 0 Å². The maximum absolute atomic E-state index is 12.8. The first-order valence-corrected chi connectivity index (χ1v) is 9.48. The van der Waals surface area contributed by atoms with Crippen LogP contribution in [0.2, 0.25) is 0 Å². The molecule has 1 aromatic carbocycles. The van der Waals surface area contributed by atoms with E-state index in [1.165, 1.54) is 12.0 Å². The molecule has 6 nitrogen and oxygen atoms in total. The Bertz CT molecular complexity index is 1020. The van der Waals surface area contributed by atoms with Crippen LogP contribution in [0.25, 0.3) is 5.65 Å². The zero-order valence-electron chi connectivity index (χ0n) is 13.4. The summed E-state index contributed by atoms with van der Waals surface area (Å²) in [6.07, 6.45) is 6.06. The van der Waals surface area contributed by atoms with Crippen LogP contribution in [-0.2, 0) is 22.9 Å². The van der Waals surface area contributed by atoms with E-state index < -0.39 is 10.0 Å². The number of pyridine rings is 1. The van der Waals surface area contributed by atoms with Crippen LogP contribution in [0, 0.1) is 6.92 Å². The maximum atomic E-state index is 12.8. The lowest BCUT2D eigenvalue weighted by Gasteiger charge is -2.17. The molecule has 4 rings (SSSR count). The minimum absolute atomic E-state index is 0.293. The largest absolute Gasteiger partial charge is 0.285 e. The van der Waals surface area contributed by atoms with Crippen LogP contribution in [0.1, 0.15) is 29.8 Å². The van der Waals surface area contributed by atoms with Crippen LogP contribution in [0.3, 0.4) is 0 Å². The number of sulfonamides is 1. The van der Waals surface area contributed by atoms with Gasteiger partial charge in [-0.1, -0.05) is 6.07 Å². The number of aromatic nitrogens is 3. The Labute approximate surface area is 140 Å². The van der Waals surface area contributed by atoms with Crippen LogP contribution in [-0.4, -0.2) is 23.0 Å². The molecule has 0 spiro atoms. The molecule has 0 aliphatic heterocycles. The monoisotopic (exact) mass is 342 g/mol. The quantitative estimate of drug-likeness (QED) is 0.794. The van der Waals surface area contributed by atoms with E-state index in [1.807, 2.05) is 13.0 Å². The van der Waals surface area contributed by atoms with Gasteiger partial charge in [-0.3, -0.25) is 9.12 Å². The molecule has 2 aromatic heterocycles. The second-order valence-electron chi connectivity index (χ2n) is 6.11. The third kappa shape index (κ3) is 2.54. The first-order chi connectivity index (χ1) is 11.5. The first kappa shape index (κ1) is 15.1. The molecule has 1 aliphatic rings. The Morgan fingerprint density at radius 1 is 1.08 bits per heavy atom. The van der Waals surface area contributed by atoms with Crippen LogP contribution < -0.4 is 4.72 Å². The molecule has 124 valence electrons. The number of rotatable bonds is 3. The van der Waals surface area contributed by atoms with Gasteiger partial charge in [0, 0.05) is 6.20 Å². The van der Waals surface area contributed by atoms with Gasteiger partial charge >= 0.3 is 0 Å². The van der Waals surface area contributed by atoms with Crippen molar-refractivity contribution in [2.75, 3.05) is 4.72 Å². The molecule has 0 saturated carbocycles. The van der Waals surface area contributed by atoms with Crippen LogP contribution >= 0.6 is 0 Å². The van der Waals surface area contributed by atoms with E-state index in [-0.39, 0.29) is 0 Å². The summed E-state index contributed by atoms with van der Waals surface area (Å²) < 4.78 is 29.9. The summed E-state index contributed by atoms with van der Waals surface area (Å²) in [7, 11) is -3.66. The molecule has 7 heteroatoms. The lowest BCUT2D eigenvalue weighted by molar-refractivity contribution is 0.600. The molecular formula is C17H18N4O2S. The number of hydrogen-bond donors (Lipinski definition) is 1. The topological polar surface area (TPSA) is 76.4 Å². The van der Waals surface area contributed by atoms with Gasteiger partial charge in [0.25, 0.3) is 10.0 Å². The van der Waals surface area contributed by atoms with Crippen LogP contribution in [0.5, 0.6) is 0 Å². The molecule has 0 unspecified atom stereocenters. The summed E-state index contributed by atoms with van der Waals surface area (Å²) in [4.78, 5) is 0.293. The molecule has 0 bridgehead atoms. The Morgan fingerprint density at radius 3 is 2.71 bits per heavy atom. The number of hydrogen-bond acceptors (Lipinski definition) is 4. The number of nitrogens with zero attached hydrogens (tertiary/aromatic N) is 3. The van der Waals surface area contributed by atoms with Crippen molar-refractivity contribution in [2.24, 2.45) is 0 Å². The molecule has 1 aliphatic carbocycles. The zero-order valence-corrected chi connectivity index (χ0v) is 14.2. The van der Waals surface area contributed by atoms with Gasteiger partial charge < -0.3 is 0 Å². The van der Waals surface area contributed by atoms with E-state index in [0.29, 0.717) is 22.1 Å². The minimum Gasteiger partial charge on any atom is -0.285 e. The normalized spacial score (nSPS) is 14.5. The second-order valence-corrected chi connectivity index (χ2v) is 7.79. The van der Waals surface area contributed by atoms with E-state index in [0.717, 1.165) is 24.8 Å². The van der Waals surface area contributed by atoms with Crippen LogP contribution in [0.15, 0.2) is 41.4 Å². The number of aryl methyl sites for hydroxylation is 3. The van der Waals surface area contributed by atoms with Crippen molar-refractivity contribution in [3.8, 4) is 0 Å². The minimum atomic E-state index is -3.66. The lowest BCUT2D eigenvalue weighted by atomic mass is 9.92. The van der Waals surface area contributed by atoms with Gasteiger partial charge in [-0.15, -0.1) is 10.2 Å². The van der Waals surface area contributed by atoms with Gasteiger partial charge in [0.2, 0.25) is 0 Å². The Kier molecular flexibility index (Phi) is 3.53. The highest BCUT2D eigenvalue weighted by Gasteiger charge is 2.19. The average molecular weight is 342 g/mol. The number of benzene rings is 1. The first-order valence-electron chi connectivity index (χ1n) is 7.99. The van der Waals surface area contributed by atoms with Crippen molar-refractivity contribution in [3.05, 3.63) is 53.5 Å². The summed E-state index contributed by atoms with van der Waals surface area (Å²) in [6.45, 7) is 1.82. The number of anilines is 1. The molecular weight excluding hydrogens is 324 g/mol. The molecule has 2 heterocycles. The second kappa shape index (κ2) is 5.59. The van der Waals surface area contributed by atoms with Crippen molar-refractivity contribution >= 4 is 21.4 Å². The smallest absolute Gasteiger partial charge is 0.262 e. The van der Waals surface area contributed by atoms with Gasteiger partial charge in [0.15, 0.2) is 5.65 Å². The highest BCUT2D eigenvalue weighted by molar-refractivity contribution is 7.92. The molecule has 24 heavy (non-hydrogen) atoms. The lowest BCUT2D eigenvalue weighted by Crippen LogP contribution is -2.15.